The van der Waals surface area contributed by atoms with Crippen molar-refractivity contribution in [2.24, 2.45) is 5.92 Å². The summed E-state index contributed by atoms with van der Waals surface area (Å²) < 4.78 is 0. The van der Waals surface area contributed by atoms with Gasteiger partial charge in [0, 0.05) is 18.7 Å². The normalized spacial score (nSPS) is 10.6. The summed E-state index contributed by atoms with van der Waals surface area (Å²) in [4.78, 5) is 23.7. The van der Waals surface area contributed by atoms with Crippen LogP contribution < -0.4 is 16.0 Å². The Morgan fingerprint density at radius 3 is 2.59 bits per heavy atom. The number of benzene rings is 1. The number of amides is 2. The predicted molar refractivity (Wildman–Crippen MR) is 90.4 cm³/mol. The van der Waals surface area contributed by atoms with E-state index < -0.39 is 0 Å². The maximum atomic E-state index is 12.0. The summed E-state index contributed by atoms with van der Waals surface area (Å²) in [5.74, 6) is 0.104. The maximum absolute atomic E-state index is 12.0. The third-order valence-electron chi connectivity index (χ3n) is 3.00. The fraction of sp³-hybridized carbons (Fsp3) is 0.500. The Balaban J connectivity index is 2.61. The number of hydrogen-bond donors (Lipinski definition) is 3. The second-order valence-corrected chi connectivity index (χ2v) is 5.96. The Bertz CT molecular complexity index is 518. The second-order valence-electron chi connectivity index (χ2n) is 5.55. The van der Waals surface area contributed by atoms with Crippen molar-refractivity contribution >= 4 is 29.1 Å². The minimum Gasteiger partial charge on any atom is -0.352 e. The molecule has 122 valence electrons. The first-order chi connectivity index (χ1) is 10.4. The van der Waals surface area contributed by atoms with E-state index in [0.29, 0.717) is 35.2 Å². The summed E-state index contributed by atoms with van der Waals surface area (Å²) in [6, 6.07) is 4.91. The van der Waals surface area contributed by atoms with Crippen molar-refractivity contribution in [2.45, 2.75) is 26.7 Å². The molecule has 0 aliphatic rings. The molecule has 1 aromatic carbocycles. The first-order valence-electron chi connectivity index (χ1n) is 7.46. The van der Waals surface area contributed by atoms with Crippen LogP contribution in [0.4, 0.5) is 5.69 Å². The number of anilines is 1. The summed E-state index contributed by atoms with van der Waals surface area (Å²) in [5.41, 5.74) is 1.01. The molecule has 3 N–H and O–H groups in total. The molecule has 0 aliphatic carbocycles. The van der Waals surface area contributed by atoms with Crippen molar-refractivity contribution in [3.05, 3.63) is 28.8 Å². The van der Waals surface area contributed by atoms with Gasteiger partial charge in [0.15, 0.2) is 0 Å². The lowest BCUT2D eigenvalue weighted by Crippen LogP contribution is -2.27. The van der Waals surface area contributed by atoms with Gasteiger partial charge in [0.1, 0.15) is 0 Å². The number of hydrogen-bond acceptors (Lipinski definition) is 3. The van der Waals surface area contributed by atoms with Crippen LogP contribution in [0.25, 0.3) is 0 Å². The lowest BCUT2D eigenvalue weighted by Gasteiger charge is -2.10. The lowest BCUT2D eigenvalue weighted by molar-refractivity contribution is -0.116. The van der Waals surface area contributed by atoms with Crippen molar-refractivity contribution < 1.29 is 9.59 Å². The van der Waals surface area contributed by atoms with Gasteiger partial charge in [0.25, 0.3) is 5.91 Å². The highest BCUT2D eigenvalue weighted by atomic mass is 35.5. The molecule has 0 spiro atoms. The smallest absolute Gasteiger partial charge is 0.252 e. The Morgan fingerprint density at radius 1 is 1.27 bits per heavy atom. The average molecular weight is 326 g/mol. The third kappa shape index (κ3) is 6.45. The van der Waals surface area contributed by atoms with Crippen molar-refractivity contribution in [1.29, 1.82) is 0 Å². The maximum Gasteiger partial charge on any atom is 0.252 e. The Labute approximate surface area is 136 Å². The molecule has 0 aromatic heterocycles. The van der Waals surface area contributed by atoms with Gasteiger partial charge in [-0.1, -0.05) is 25.4 Å². The monoisotopic (exact) mass is 325 g/mol. The largest absolute Gasteiger partial charge is 0.352 e. The van der Waals surface area contributed by atoms with Crippen molar-refractivity contribution in [3.8, 4) is 0 Å². The molecule has 0 heterocycles. The number of nitrogens with one attached hydrogen (secondary N) is 3. The predicted octanol–water partition coefficient (Wildman–Crippen LogP) is 2.66. The summed E-state index contributed by atoms with van der Waals surface area (Å²) in [7, 11) is 1.85. The summed E-state index contributed by atoms with van der Waals surface area (Å²) in [5, 5.41) is 8.91. The van der Waals surface area contributed by atoms with Gasteiger partial charge in [-0.25, -0.2) is 0 Å². The molecule has 5 nitrogen and oxygen atoms in total. The Kier molecular flexibility index (Phi) is 7.91. The molecule has 22 heavy (non-hydrogen) atoms. The zero-order valence-corrected chi connectivity index (χ0v) is 14.1. The number of carbonyl (C=O) groups is 2. The van der Waals surface area contributed by atoms with Crippen molar-refractivity contribution in [1.82, 2.24) is 10.6 Å². The fourth-order valence-corrected chi connectivity index (χ4v) is 2.08. The van der Waals surface area contributed by atoms with Crippen LogP contribution in [0.1, 0.15) is 37.0 Å². The highest BCUT2D eigenvalue weighted by Gasteiger charge is 2.12. The molecule has 0 unspecified atom stereocenters. The molecule has 0 bridgehead atoms. The van der Waals surface area contributed by atoms with Crippen LogP contribution in [0.5, 0.6) is 0 Å². The van der Waals surface area contributed by atoms with Crippen LogP contribution >= 0.6 is 11.6 Å². The molecule has 0 aliphatic heterocycles. The molecule has 0 radical (unpaired) electrons. The van der Waals surface area contributed by atoms with Crippen LogP contribution in [0.2, 0.25) is 5.02 Å². The zero-order valence-electron chi connectivity index (χ0n) is 13.3. The van der Waals surface area contributed by atoms with Crippen molar-refractivity contribution in [3.63, 3.8) is 0 Å². The Hall–Kier alpha value is -1.59. The van der Waals surface area contributed by atoms with Crippen LogP contribution in [0.3, 0.4) is 0 Å². The van der Waals surface area contributed by atoms with Gasteiger partial charge in [0.05, 0.1) is 10.6 Å². The van der Waals surface area contributed by atoms with Gasteiger partial charge in [-0.15, -0.1) is 0 Å². The second kappa shape index (κ2) is 9.43. The van der Waals surface area contributed by atoms with E-state index in [0.717, 1.165) is 13.0 Å². The summed E-state index contributed by atoms with van der Waals surface area (Å²) in [6.07, 6.45) is 1.21. The minimum absolute atomic E-state index is 0.0664. The van der Waals surface area contributed by atoms with E-state index in [1.807, 2.05) is 20.9 Å². The zero-order chi connectivity index (χ0) is 16.5. The molecule has 6 heteroatoms. The summed E-state index contributed by atoms with van der Waals surface area (Å²) in [6.45, 7) is 5.44. The van der Waals surface area contributed by atoms with Gasteiger partial charge in [-0.2, -0.15) is 0 Å². The van der Waals surface area contributed by atoms with Gasteiger partial charge in [0.2, 0.25) is 5.91 Å². The molecule has 1 rings (SSSR count). The van der Waals surface area contributed by atoms with Crippen LogP contribution in [-0.4, -0.2) is 32.0 Å². The first kappa shape index (κ1) is 18.5. The average Bonchev–Trinajstić information content (AvgIpc) is 2.45. The van der Waals surface area contributed by atoms with E-state index in [1.54, 1.807) is 18.2 Å². The molecule has 0 saturated carbocycles. The highest BCUT2D eigenvalue weighted by molar-refractivity contribution is 6.34. The quantitative estimate of drug-likeness (QED) is 0.644. The minimum atomic E-state index is -0.203. The van der Waals surface area contributed by atoms with Crippen LogP contribution in [-0.2, 0) is 4.79 Å². The fourth-order valence-electron chi connectivity index (χ4n) is 1.82. The third-order valence-corrected chi connectivity index (χ3v) is 3.31. The summed E-state index contributed by atoms with van der Waals surface area (Å²) >= 11 is 6.13. The first-order valence-corrected chi connectivity index (χ1v) is 7.84. The lowest BCUT2D eigenvalue weighted by atomic mass is 10.1. The van der Waals surface area contributed by atoms with Gasteiger partial charge >= 0.3 is 0 Å². The topological polar surface area (TPSA) is 70.2 Å². The standard InChI is InChI=1S/C16H24ClN3O2/c1-11(2)10-19-16(22)13-7-6-12(9-14(13)17)20-15(21)5-4-8-18-3/h6-7,9,11,18H,4-5,8,10H2,1-3H3,(H,19,22)(H,20,21). The molecule has 0 atom stereocenters. The van der Waals surface area contributed by atoms with Gasteiger partial charge in [-0.05, 0) is 44.1 Å². The van der Waals surface area contributed by atoms with Gasteiger partial charge < -0.3 is 16.0 Å². The van der Waals surface area contributed by atoms with E-state index in [9.17, 15) is 9.59 Å². The molecular weight excluding hydrogens is 302 g/mol. The number of carbonyl (C=O) groups excluding carboxylic acids is 2. The molecule has 2 amide bonds. The van der Waals surface area contributed by atoms with E-state index in [4.69, 9.17) is 11.6 Å². The van der Waals surface area contributed by atoms with E-state index in [2.05, 4.69) is 16.0 Å². The van der Waals surface area contributed by atoms with Crippen LogP contribution in [0, 0.1) is 5.92 Å². The number of halogens is 1. The van der Waals surface area contributed by atoms with Gasteiger partial charge in [-0.3, -0.25) is 9.59 Å². The molecule has 0 fully saturated rings. The molecule has 0 saturated heterocycles. The SMILES string of the molecule is CNCCCC(=O)Nc1ccc(C(=O)NCC(C)C)c(Cl)c1. The van der Waals surface area contributed by atoms with E-state index in [1.165, 1.54) is 0 Å². The molecular formula is C16H24ClN3O2. The highest BCUT2D eigenvalue weighted by Crippen LogP contribution is 2.21. The van der Waals surface area contributed by atoms with Crippen LogP contribution in [0.15, 0.2) is 18.2 Å². The Morgan fingerprint density at radius 2 is 2.00 bits per heavy atom. The van der Waals surface area contributed by atoms with E-state index >= 15 is 0 Å². The molecule has 1 aromatic rings. The van der Waals surface area contributed by atoms with E-state index in [-0.39, 0.29) is 11.8 Å². The van der Waals surface area contributed by atoms with Crippen molar-refractivity contribution in [2.75, 3.05) is 25.5 Å². The number of rotatable bonds is 8.